The molecule has 0 saturated heterocycles. The van der Waals surface area contributed by atoms with Crippen molar-refractivity contribution < 1.29 is 19.7 Å². The van der Waals surface area contributed by atoms with Crippen LogP contribution in [0.1, 0.15) is 53.3 Å². The van der Waals surface area contributed by atoms with E-state index < -0.39 is 17.8 Å². The van der Waals surface area contributed by atoms with Crippen LogP contribution in [0, 0.1) is 13.8 Å². The fraction of sp³-hybridized carbons (Fsp3) is 0.250. The number of benzene rings is 1. The zero-order valence-electron chi connectivity index (χ0n) is 19.3. The van der Waals surface area contributed by atoms with Gasteiger partial charge in [0.25, 0.3) is 0 Å². The Morgan fingerprint density at radius 3 is 2.24 bits per heavy atom. The first kappa shape index (κ1) is 22.6. The first-order valence-electron chi connectivity index (χ1n) is 11.0. The van der Waals surface area contributed by atoms with Crippen molar-refractivity contribution in [3.05, 3.63) is 92.3 Å². The topological polar surface area (TPSA) is 90.9 Å². The average molecular weight is 445 g/mol. The van der Waals surface area contributed by atoms with Gasteiger partial charge in [-0.25, -0.2) is 0 Å². The van der Waals surface area contributed by atoms with Gasteiger partial charge in [0, 0.05) is 17.5 Å². The molecule has 1 aromatic heterocycles. The molecule has 2 aromatic rings. The molecule has 0 fully saturated rings. The van der Waals surface area contributed by atoms with Gasteiger partial charge < -0.3 is 19.7 Å². The fourth-order valence-electron chi connectivity index (χ4n) is 4.35. The molecular weight excluding hydrogens is 416 g/mol. The summed E-state index contributed by atoms with van der Waals surface area (Å²) >= 11 is 0. The van der Waals surface area contributed by atoms with Crippen molar-refractivity contribution in [1.82, 2.24) is 0 Å². The van der Waals surface area contributed by atoms with Crippen molar-refractivity contribution in [1.29, 1.82) is 0 Å². The van der Waals surface area contributed by atoms with Crippen molar-refractivity contribution >= 4 is 0 Å². The van der Waals surface area contributed by atoms with Crippen molar-refractivity contribution in [2.45, 2.75) is 46.6 Å². The van der Waals surface area contributed by atoms with E-state index in [4.69, 9.17) is 4.42 Å². The molecule has 0 saturated carbocycles. The van der Waals surface area contributed by atoms with Gasteiger partial charge in [-0.1, -0.05) is 44.2 Å². The second-order valence-corrected chi connectivity index (χ2v) is 8.86. The largest absolute Gasteiger partial charge is 0.508 e. The minimum Gasteiger partial charge on any atom is -0.508 e. The van der Waals surface area contributed by atoms with Gasteiger partial charge in [-0.15, -0.1) is 0 Å². The number of phenols is 1. The summed E-state index contributed by atoms with van der Waals surface area (Å²) in [5.74, 6) is 0.193. The van der Waals surface area contributed by atoms with E-state index in [1.54, 1.807) is 12.1 Å². The summed E-state index contributed by atoms with van der Waals surface area (Å²) in [6, 6.07) is 14.6. The highest BCUT2D eigenvalue weighted by atomic mass is 16.4. The smallest absolute Gasteiger partial charge is 0.231 e. The minimum absolute atomic E-state index is 0.0667. The third kappa shape index (κ3) is 4.12. The zero-order chi connectivity index (χ0) is 23.9. The van der Waals surface area contributed by atoms with E-state index in [1.165, 1.54) is 17.7 Å². The van der Waals surface area contributed by atoms with Crippen LogP contribution in [0.15, 0.2) is 57.7 Å². The Balaban J connectivity index is 1.91. The predicted octanol–water partition coefficient (Wildman–Crippen LogP) is 5.65. The van der Waals surface area contributed by atoms with E-state index in [1.807, 2.05) is 19.9 Å². The number of phenolic OH excluding ortho intramolecular Hbond substituents is 1. The van der Waals surface area contributed by atoms with Crippen LogP contribution in [-0.2, 0) is 13.0 Å². The Morgan fingerprint density at radius 1 is 0.909 bits per heavy atom. The van der Waals surface area contributed by atoms with E-state index in [2.05, 4.69) is 32.0 Å². The maximum atomic E-state index is 13.2. The van der Waals surface area contributed by atoms with Gasteiger partial charge in [-0.3, -0.25) is 4.79 Å². The minimum atomic E-state index is -0.568. The standard InChI is InChI=1S/C28H28O5/c1-15(2)19-7-10-21-16(3)12-23(25(21)17(4)11-19)28-27(32)26(31)22(24(14-29)33-28)13-18-5-8-20(30)9-6-18/h5-12,15,29-30,32H,13-14H2,1-4H3. The number of hydrogen-bond acceptors (Lipinski definition) is 5. The Morgan fingerprint density at radius 2 is 1.61 bits per heavy atom. The molecule has 0 spiro atoms. The van der Waals surface area contributed by atoms with Crippen LogP contribution < -0.4 is 5.43 Å². The van der Waals surface area contributed by atoms with Gasteiger partial charge in [0.2, 0.25) is 11.2 Å². The maximum absolute atomic E-state index is 13.2. The first-order valence-corrected chi connectivity index (χ1v) is 11.0. The van der Waals surface area contributed by atoms with Crippen molar-refractivity contribution in [2.75, 3.05) is 0 Å². The molecule has 0 radical (unpaired) electrons. The Bertz CT molecular complexity index is 1350. The lowest BCUT2D eigenvalue weighted by Crippen LogP contribution is -2.14. The van der Waals surface area contributed by atoms with E-state index in [0.29, 0.717) is 11.5 Å². The summed E-state index contributed by atoms with van der Waals surface area (Å²) in [7, 11) is 0. The molecule has 0 unspecified atom stereocenters. The number of fused-ring (bicyclic) bond motifs is 1. The number of aliphatic hydroxyl groups excluding tert-OH is 1. The van der Waals surface area contributed by atoms with Crippen LogP contribution in [-0.4, -0.2) is 15.3 Å². The van der Waals surface area contributed by atoms with Gasteiger partial charge >= 0.3 is 0 Å². The summed E-state index contributed by atoms with van der Waals surface area (Å²) in [6.07, 6.45) is 0.166. The molecular formula is C28H28O5. The second-order valence-electron chi connectivity index (χ2n) is 8.86. The van der Waals surface area contributed by atoms with Gasteiger partial charge in [0.15, 0.2) is 5.76 Å². The molecule has 1 heterocycles. The highest BCUT2D eigenvalue weighted by Crippen LogP contribution is 2.43. The molecule has 170 valence electrons. The molecule has 1 aromatic carbocycles. The number of aliphatic hydroxyl groups is 1. The summed E-state index contributed by atoms with van der Waals surface area (Å²) in [5, 5.41) is 30.4. The Hall–Kier alpha value is -3.57. The molecule has 2 aliphatic carbocycles. The van der Waals surface area contributed by atoms with E-state index >= 15 is 0 Å². The number of aromatic hydroxyl groups is 2. The molecule has 2 aliphatic rings. The average Bonchev–Trinajstić information content (AvgIpc) is 3.00. The van der Waals surface area contributed by atoms with Crippen molar-refractivity contribution in [3.63, 3.8) is 0 Å². The van der Waals surface area contributed by atoms with Crippen LogP contribution >= 0.6 is 0 Å². The lowest BCUT2D eigenvalue weighted by atomic mass is 9.99. The van der Waals surface area contributed by atoms with Gasteiger partial charge in [0.1, 0.15) is 18.1 Å². The molecule has 3 N–H and O–H groups in total. The van der Waals surface area contributed by atoms with Gasteiger partial charge in [-0.2, -0.15) is 0 Å². The molecule has 0 amide bonds. The zero-order valence-corrected chi connectivity index (χ0v) is 19.3. The summed E-state index contributed by atoms with van der Waals surface area (Å²) < 4.78 is 5.99. The second kappa shape index (κ2) is 8.75. The number of aryl methyl sites for hydroxylation is 2. The predicted molar refractivity (Wildman–Crippen MR) is 129 cm³/mol. The molecule has 33 heavy (non-hydrogen) atoms. The molecule has 5 heteroatoms. The number of hydrogen-bond donors (Lipinski definition) is 3. The Labute approximate surface area is 192 Å². The third-order valence-electron chi connectivity index (χ3n) is 6.18. The third-order valence-corrected chi connectivity index (χ3v) is 6.18. The lowest BCUT2D eigenvalue weighted by Gasteiger charge is -2.12. The van der Waals surface area contributed by atoms with Crippen LogP contribution in [0.4, 0.5) is 0 Å². The van der Waals surface area contributed by atoms with Gasteiger partial charge in [0.05, 0.1) is 0 Å². The SMILES string of the molecule is Cc1cc(-c2oc(CO)c(Cc3ccc(O)cc3)c(=O)c2O)c2c(C)cc(C(C)C)ccc1-2. The Kier molecular flexibility index (Phi) is 6.00. The van der Waals surface area contributed by atoms with Crippen molar-refractivity contribution in [3.8, 4) is 33.9 Å². The monoisotopic (exact) mass is 444 g/mol. The molecule has 0 atom stereocenters. The summed E-state index contributed by atoms with van der Waals surface area (Å²) in [5.41, 5.74) is 6.16. The maximum Gasteiger partial charge on any atom is 0.231 e. The fourth-order valence-corrected chi connectivity index (χ4v) is 4.35. The van der Waals surface area contributed by atoms with Crippen LogP contribution in [0.3, 0.4) is 0 Å². The molecule has 5 nitrogen and oxygen atoms in total. The van der Waals surface area contributed by atoms with Crippen LogP contribution in [0.5, 0.6) is 11.5 Å². The van der Waals surface area contributed by atoms with Crippen LogP contribution in [0.25, 0.3) is 22.5 Å². The molecule has 4 rings (SSSR count). The van der Waals surface area contributed by atoms with E-state index in [-0.39, 0.29) is 29.3 Å². The van der Waals surface area contributed by atoms with Crippen molar-refractivity contribution in [2.24, 2.45) is 0 Å². The quantitative estimate of drug-likeness (QED) is 0.370. The molecule has 0 aliphatic heterocycles. The summed E-state index contributed by atoms with van der Waals surface area (Å²) in [6.45, 7) is 7.80. The van der Waals surface area contributed by atoms with E-state index in [0.717, 1.165) is 27.8 Å². The summed E-state index contributed by atoms with van der Waals surface area (Å²) in [4.78, 5) is 13.2. The number of rotatable bonds is 5. The lowest BCUT2D eigenvalue weighted by molar-refractivity contribution is 0.241. The van der Waals surface area contributed by atoms with E-state index in [9.17, 15) is 20.1 Å². The van der Waals surface area contributed by atoms with Gasteiger partial charge in [-0.05, 0) is 71.3 Å². The highest BCUT2D eigenvalue weighted by molar-refractivity contribution is 5.90. The normalized spacial score (nSPS) is 11.5. The van der Waals surface area contributed by atoms with Crippen LogP contribution in [0.2, 0.25) is 0 Å². The highest BCUT2D eigenvalue weighted by Gasteiger charge is 2.25. The molecule has 0 bridgehead atoms. The first-order chi connectivity index (χ1) is 15.7.